The van der Waals surface area contributed by atoms with Crippen molar-refractivity contribution in [2.24, 2.45) is 0 Å². The van der Waals surface area contributed by atoms with Gasteiger partial charge in [-0.3, -0.25) is 0 Å². The molecule has 0 saturated heterocycles. The fourth-order valence-electron chi connectivity index (χ4n) is 1.57. The molecule has 0 aliphatic rings. The van der Waals surface area contributed by atoms with Crippen LogP contribution in [0.5, 0.6) is 0 Å². The summed E-state index contributed by atoms with van der Waals surface area (Å²) in [4.78, 5) is 0. The van der Waals surface area contributed by atoms with E-state index in [-0.39, 0.29) is 0 Å². The normalized spacial score (nSPS) is 10.3. The Labute approximate surface area is 96.0 Å². The summed E-state index contributed by atoms with van der Waals surface area (Å²) in [5.41, 5.74) is 1.88. The van der Waals surface area contributed by atoms with E-state index in [2.05, 4.69) is 23.3 Å². The van der Waals surface area contributed by atoms with Crippen LogP contribution >= 0.6 is 0 Å². The van der Waals surface area contributed by atoms with Gasteiger partial charge in [-0.1, -0.05) is 18.6 Å². The molecule has 0 N–H and O–H groups in total. The number of hydrogen-bond donors (Lipinski definition) is 0. The van der Waals surface area contributed by atoms with E-state index in [1.54, 1.807) is 0 Å². The smallest absolute Gasteiger partial charge is 0.0999 e. The van der Waals surface area contributed by atoms with E-state index in [4.69, 9.17) is 10.00 Å². The van der Waals surface area contributed by atoms with Gasteiger partial charge < -0.3 is 4.74 Å². The second-order valence-electron chi connectivity index (χ2n) is 3.49. The largest absolute Gasteiger partial charge is 0.380 e. The van der Waals surface area contributed by atoms with Crippen molar-refractivity contribution in [3.63, 3.8) is 0 Å². The van der Waals surface area contributed by atoms with Crippen molar-refractivity contribution < 1.29 is 4.74 Å². The molecule has 0 aromatic carbocycles. The molecule has 0 aliphatic carbocycles. The van der Waals surface area contributed by atoms with Gasteiger partial charge in [0, 0.05) is 6.61 Å². The SMILES string of the molecule is CCCc1c(CC#N)nnn1CCOCC. The van der Waals surface area contributed by atoms with Gasteiger partial charge in [-0.2, -0.15) is 5.26 Å². The van der Waals surface area contributed by atoms with Crippen LogP contribution in [0.4, 0.5) is 0 Å². The van der Waals surface area contributed by atoms with Gasteiger partial charge in [0.25, 0.3) is 0 Å². The molecule has 0 fully saturated rings. The third-order valence-electron chi connectivity index (χ3n) is 2.30. The molecule has 0 atom stereocenters. The third kappa shape index (κ3) is 3.31. The number of rotatable bonds is 7. The molecule has 0 saturated carbocycles. The number of nitriles is 1. The minimum Gasteiger partial charge on any atom is -0.380 e. The lowest BCUT2D eigenvalue weighted by molar-refractivity contribution is 0.135. The minimum absolute atomic E-state index is 0.337. The first-order valence-electron chi connectivity index (χ1n) is 5.69. The van der Waals surface area contributed by atoms with E-state index in [0.29, 0.717) is 26.2 Å². The number of hydrogen-bond acceptors (Lipinski definition) is 4. The molecule has 0 bridgehead atoms. The minimum atomic E-state index is 0.337. The summed E-state index contributed by atoms with van der Waals surface area (Å²) in [7, 11) is 0. The Morgan fingerprint density at radius 2 is 2.25 bits per heavy atom. The maximum absolute atomic E-state index is 8.68. The van der Waals surface area contributed by atoms with Crippen molar-refractivity contribution in [3.05, 3.63) is 11.4 Å². The Kier molecular flexibility index (Phi) is 5.51. The van der Waals surface area contributed by atoms with Crippen LogP contribution in [0.1, 0.15) is 31.7 Å². The Balaban J connectivity index is 2.71. The maximum Gasteiger partial charge on any atom is 0.0999 e. The van der Waals surface area contributed by atoms with Crippen LogP contribution in [0.3, 0.4) is 0 Å². The topological polar surface area (TPSA) is 63.7 Å². The Morgan fingerprint density at radius 1 is 1.44 bits per heavy atom. The first-order valence-corrected chi connectivity index (χ1v) is 5.69. The molecule has 1 heterocycles. The van der Waals surface area contributed by atoms with E-state index >= 15 is 0 Å². The number of nitrogens with zero attached hydrogens (tertiary/aromatic N) is 4. The zero-order valence-electron chi connectivity index (χ0n) is 9.94. The van der Waals surface area contributed by atoms with E-state index in [9.17, 15) is 0 Å². The van der Waals surface area contributed by atoms with Gasteiger partial charge in [0.1, 0.15) is 0 Å². The van der Waals surface area contributed by atoms with Crippen LogP contribution in [-0.4, -0.2) is 28.2 Å². The van der Waals surface area contributed by atoms with Crippen LogP contribution in [0.25, 0.3) is 0 Å². The van der Waals surface area contributed by atoms with Crippen LogP contribution in [0, 0.1) is 11.3 Å². The van der Waals surface area contributed by atoms with Crippen molar-refractivity contribution >= 4 is 0 Å². The lowest BCUT2D eigenvalue weighted by Crippen LogP contribution is -2.11. The molecule has 1 aromatic heterocycles. The van der Waals surface area contributed by atoms with Crippen molar-refractivity contribution in [3.8, 4) is 6.07 Å². The van der Waals surface area contributed by atoms with Crippen molar-refractivity contribution in [2.75, 3.05) is 13.2 Å². The molecular formula is C11H18N4O. The molecule has 0 unspecified atom stereocenters. The fourth-order valence-corrected chi connectivity index (χ4v) is 1.57. The average Bonchev–Trinajstić information content (AvgIpc) is 2.64. The van der Waals surface area contributed by atoms with Gasteiger partial charge in [0.05, 0.1) is 37.0 Å². The van der Waals surface area contributed by atoms with Crippen LogP contribution in [-0.2, 0) is 24.1 Å². The average molecular weight is 222 g/mol. The summed E-state index contributed by atoms with van der Waals surface area (Å²) in [6.07, 6.45) is 2.28. The lowest BCUT2D eigenvalue weighted by Gasteiger charge is -2.06. The quantitative estimate of drug-likeness (QED) is 0.653. The van der Waals surface area contributed by atoms with E-state index in [1.165, 1.54) is 0 Å². The fraction of sp³-hybridized carbons (Fsp3) is 0.727. The molecule has 88 valence electrons. The molecule has 0 aliphatic heterocycles. The number of ether oxygens (including phenoxy) is 1. The van der Waals surface area contributed by atoms with Gasteiger partial charge in [0.2, 0.25) is 0 Å². The highest BCUT2D eigenvalue weighted by atomic mass is 16.5. The second-order valence-corrected chi connectivity index (χ2v) is 3.49. The van der Waals surface area contributed by atoms with Crippen LogP contribution in [0.2, 0.25) is 0 Å². The molecule has 1 aromatic rings. The summed E-state index contributed by atoms with van der Waals surface area (Å²) >= 11 is 0. The van der Waals surface area contributed by atoms with Gasteiger partial charge in [-0.15, -0.1) is 5.10 Å². The Hall–Kier alpha value is -1.41. The summed E-state index contributed by atoms with van der Waals surface area (Å²) in [6, 6.07) is 2.12. The molecule has 5 heteroatoms. The van der Waals surface area contributed by atoms with E-state index in [1.807, 2.05) is 11.6 Å². The molecule has 16 heavy (non-hydrogen) atoms. The van der Waals surface area contributed by atoms with Gasteiger partial charge in [-0.25, -0.2) is 4.68 Å². The molecule has 0 radical (unpaired) electrons. The summed E-state index contributed by atoms with van der Waals surface area (Å²) in [6.45, 7) is 6.14. The highest BCUT2D eigenvalue weighted by Gasteiger charge is 2.11. The highest BCUT2D eigenvalue weighted by Crippen LogP contribution is 2.09. The standard InChI is InChI=1S/C11H18N4O/c1-3-5-11-10(6-7-12)13-14-15(11)8-9-16-4-2/h3-6,8-9H2,1-2H3. The summed E-state index contributed by atoms with van der Waals surface area (Å²) < 4.78 is 7.14. The summed E-state index contributed by atoms with van der Waals surface area (Å²) in [5.74, 6) is 0. The van der Waals surface area contributed by atoms with Crippen LogP contribution in [0.15, 0.2) is 0 Å². The van der Waals surface area contributed by atoms with Gasteiger partial charge in [0.15, 0.2) is 0 Å². The Morgan fingerprint density at radius 3 is 2.88 bits per heavy atom. The third-order valence-corrected chi connectivity index (χ3v) is 2.30. The maximum atomic E-state index is 8.68. The molecular weight excluding hydrogens is 204 g/mol. The first kappa shape index (κ1) is 12.7. The number of aromatic nitrogens is 3. The monoisotopic (exact) mass is 222 g/mol. The Bertz CT molecular complexity index is 353. The lowest BCUT2D eigenvalue weighted by atomic mass is 10.2. The van der Waals surface area contributed by atoms with E-state index < -0.39 is 0 Å². The zero-order chi connectivity index (χ0) is 11.8. The highest BCUT2D eigenvalue weighted by molar-refractivity contribution is 5.14. The van der Waals surface area contributed by atoms with Gasteiger partial charge >= 0.3 is 0 Å². The predicted molar refractivity (Wildman–Crippen MR) is 59.8 cm³/mol. The molecule has 0 spiro atoms. The van der Waals surface area contributed by atoms with Crippen molar-refractivity contribution in [2.45, 2.75) is 39.7 Å². The molecule has 5 nitrogen and oxygen atoms in total. The van der Waals surface area contributed by atoms with Crippen LogP contribution < -0.4 is 0 Å². The van der Waals surface area contributed by atoms with Gasteiger partial charge in [-0.05, 0) is 13.3 Å². The van der Waals surface area contributed by atoms with Crippen molar-refractivity contribution in [1.82, 2.24) is 15.0 Å². The zero-order valence-corrected chi connectivity index (χ0v) is 9.94. The second kappa shape index (κ2) is 6.96. The molecule has 0 amide bonds. The molecule has 1 rings (SSSR count). The van der Waals surface area contributed by atoms with Crippen molar-refractivity contribution in [1.29, 1.82) is 5.26 Å². The van der Waals surface area contributed by atoms with E-state index in [0.717, 1.165) is 24.2 Å². The first-order chi connectivity index (χ1) is 7.83. The summed E-state index contributed by atoms with van der Waals surface area (Å²) in [5, 5.41) is 16.8. The predicted octanol–water partition coefficient (Wildman–Crippen LogP) is 1.33.